The second-order valence-electron chi connectivity index (χ2n) is 6.74. The maximum Gasteiger partial charge on any atom is 0.130 e. The van der Waals surface area contributed by atoms with Crippen molar-refractivity contribution in [2.45, 2.75) is 47.0 Å². The summed E-state index contributed by atoms with van der Waals surface area (Å²) in [5.41, 5.74) is 0.631. The minimum Gasteiger partial charge on any atom is -0.493 e. The van der Waals surface area contributed by atoms with Gasteiger partial charge in [0.05, 0.1) is 6.61 Å². The minimum absolute atomic E-state index is 0.0825. The fraction of sp³-hybridized carbons (Fsp3) is 0.600. The number of ether oxygens (including phenoxy) is 1. The topological polar surface area (TPSA) is 9.23 Å². The summed E-state index contributed by atoms with van der Waals surface area (Å²) in [5.74, 6) is 0.411. The first-order valence-corrected chi connectivity index (χ1v) is 6.02. The predicted octanol–water partition coefficient (Wildman–Crippen LogP) is 4.55. The van der Waals surface area contributed by atoms with E-state index in [9.17, 15) is 4.39 Å². The van der Waals surface area contributed by atoms with Crippen LogP contribution in [0.2, 0.25) is 0 Å². The Balaban J connectivity index is 2.83. The van der Waals surface area contributed by atoms with Crippen LogP contribution in [0.3, 0.4) is 0 Å². The molecule has 0 aliphatic heterocycles. The van der Waals surface area contributed by atoms with E-state index >= 15 is 0 Å². The van der Waals surface area contributed by atoms with Crippen molar-refractivity contribution < 1.29 is 9.13 Å². The van der Waals surface area contributed by atoms with E-state index < -0.39 is 0 Å². The Kier molecular flexibility index (Phi) is 3.85. The van der Waals surface area contributed by atoms with E-state index in [1.54, 1.807) is 0 Å². The standard InChI is InChI=1S/C15H23FO/c1-14(2,3)10-17-11-7-8-12(13(16)9-11)15(4,5)6/h7-9H,10H2,1-6H3. The first kappa shape index (κ1) is 14.0. The van der Waals surface area contributed by atoms with Crippen LogP contribution in [0.5, 0.6) is 5.75 Å². The molecule has 17 heavy (non-hydrogen) atoms. The van der Waals surface area contributed by atoms with Crippen LogP contribution in [0, 0.1) is 11.2 Å². The molecule has 1 aromatic rings. The van der Waals surface area contributed by atoms with E-state index in [1.165, 1.54) is 6.07 Å². The second kappa shape index (κ2) is 4.67. The number of benzene rings is 1. The average Bonchev–Trinajstić information content (AvgIpc) is 2.11. The zero-order chi connectivity index (χ0) is 13.3. The zero-order valence-electron chi connectivity index (χ0n) is 11.7. The molecule has 1 rings (SSSR count). The van der Waals surface area contributed by atoms with E-state index in [1.807, 2.05) is 32.9 Å². The molecular formula is C15H23FO. The van der Waals surface area contributed by atoms with E-state index in [-0.39, 0.29) is 16.6 Å². The third-order valence-electron chi connectivity index (χ3n) is 2.42. The van der Waals surface area contributed by atoms with Crippen LogP contribution in [0.1, 0.15) is 47.1 Å². The molecule has 1 nitrogen and oxygen atoms in total. The maximum absolute atomic E-state index is 13.9. The van der Waals surface area contributed by atoms with E-state index in [0.717, 1.165) is 5.56 Å². The fourth-order valence-corrected chi connectivity index (χ4v) is 1.49. The summed E-state index contributed by atoms with van der Waals surface area (Å²) in [6, 6.07) is 5.13. The van der Waals surface area contributed by atoms with E-state index in [2.05, 4.69) is 20.8 Å². The summed E-state index contributed by atoms with van der Waals surface area (Å²) in [5, 5.41) is 0. The van der Waals surface area contributed by atoms with Gasteiger partial charge in [-0.1, -0.05) is 47.6 Å². The highest BCUT2D eigenvalue weighted by atomic mass is 19.1. The molecular weight excluding hydrogens is 215 g/mol. The van der Waals surface area contributed by atoms with Crippen molar-refractivity contribution in [3.8, 4) is 5.75 Å². The van der Waals surface area contributed by atoms with Gasteiger partial charge in [-0.05, 0) is 22.5 Å². The Morgan fingerprint density at radius 1 is 1.06 bits per heavy atom. The highest BCUT2D eigenvalue weighted by Gasteiger charge is 2.19. The summed E-state index contributed by atoms with van der Waals surface area (Å²) in [4.78, 5) is 0. The van der Waals surface area contributed by atoms with Crippen LogP contribution in [0.4, 0.5) is 4.39 Å². The van der Waals surface area contributed by atoms with Crippen molar-refractivity contribution in [3.05, 3.63) is 29.6 Å². The molecule has 0 N–H and O–H groups in total. The highest BCUT2D eigenvalue weighted by molar-refractivity contribution is 5.32. The van der Waals surface area contributed by atoms with E-state index in [0.29, 0.717) is 12.4 Å². The summed E-state index contributed by atoms with van der Waals surface area (Å²) in [6.45, 7) is 12.9. The molecule has 0 aliphatic carbocycles. The van der Waals surface area contributed by atoms with Gasteiger partial charge in [0.1, 0.15) is 11.6 Å². The van der Waals surface area contributed by atoms with Crippen molar-refractivity contribution in [2.75, 3.05) is 6.61 Å². The van der Waals surface area contributed by atoms with Crippen molar-refractivity contribution >= 4 is 0 Å². The van der Waals surface area contributed by atoms with Gasteiger partial charge in [-0.25, -0.2) is 4.39 Å². The van der Waals surface area contributed by atoms with Crippen molar-refractivity contribution in [3.63, 3.8) is 0 Å². The molecule has 0 saturated carbocycles. The minimum atomic E-state index is -0.191. The predicted molar refractivity (Wildman–Crippen MR) is 70.1 cm³/mol. The Labute approximate surface area is 104 Å². The van der Waals surface area contributed by atoms with Gasteiger partial charge in [-0.15, -0.1) is 0 Å². The van der Waals surface area contributed by atoms with Gasteiger partial charge in [0, 0.05) is 6.07 Å². The summed E-state index contributed by atoms with van der Waals surface area (Å²) in [6.07, 6.45) is 0. The molecule has 0 bridgehead atoms. The van der Waals surface area contributed by atoms with Crippen molar-refractivity contribution in [2.24, 2.45) is 5.41 Å². The lowest BCUT2D eigenvalue weighted by Gasteiger charge is -2.22. The zero-order valence-corrected chi connectivity index (χ0v) is 11.7. The van der Waals surface area contributed by atoms with Gasteiger partial charge in [0.2, 0.25) is 0 Å². The van der Waals surface area contributed by atoms with Gasteiger partial charge in [0.25, 0.3) is 0 Å². The lowest BCUT2D eigenvalue weighted by molar-refractivity contribution is 0.197. The molecule has 0 aromatic heterocycles. The van der Waals surface area contributed by atoms with Crippen molar-refractivity contribution in [1.82, 2.24) is 0 Å². The SMILES string of the molecule is CC(C)(C)COc1ccc(C(C)(C)C)c(F)c1. The highest BCUT2D eigenvalue weighted by Crippen LogP contribution is 2.28. The Bertz CT molecular complexity index is 383. The van der Waals surface area contributed by atoms with Crippen LogP contribution in [-0.2, 0) is 5.41 Å². The summed E-state index contributed by atoms with van der Waals surface area (Å²) >= 11 is 0. The lowest BCUT2D eigenvalue weighted by atomic mass is 9.86. The Hall–Kier alpha value is -1.05. The monoisotopic (exact) mass is 238 g/mol. The second-order valence-corrected chi connectivity index (χ2v) is 6.74. The summed E-state index contributed by atoms with van der Waals surface area (Å²) < 4.78 is 19.5. The largest absolute Gasteiger partial charge is 0.493 e. The first-order chi connectivity index (χ1) is 7.59. The quantitative estimate of drug-likeness (QED) is 0.734. The molecule has 0 fully saturated rings. The van der Waals surface area contributed by atoms with Crippen molar-refractivity contribution in [1.29, 1.82) is 0 Å². The molecule has 0 atom stereocenters. The van der Waals surface area contributed by atoms with Crippen LogP contribution in [0.15, 0.2) is 18.2 Å². The molecule has 0 aliphatic rings. The fourth-order valence-electron chi connectivity index (χ4n) is 1.49. The Morgan fingerprint density at radius 3 is 2.06 bits per heavy atom. The van der Waals surface area contributed by atoms with Crippen LogP contribution in [-0.4, -0.2) is 6.61 Å². The first-order valence-electron chi connectivity index (χ1n) is 6.02. The molecule has 0 heterocycles. The molecule has 2 heteroatoms. The number of rotatable bonds is 2. The number of hydrogen-bond donors (Lipinski definition) is 0. The van der Waals surface area contributed by atoms with Gasteiger partial charge in [-0.3, -0.25) is 0 Å². The molecule has 0 spiro atoms. The normalized spacial score (nSPS) is 12.6. The maximum atomic E-state index is 13.9. The average molecular weight is 238 g/mol. The molecule has 96 valence electrons. The molecule has 0 unspecified atom stereocenters. The Morgan fingerprint density at radius 2 is 1.65 bits per heavy atom. The van der Waals surface area contributed by atoms with Gasteiger partial charge in [-0.2, -0.15) is 0 Å². The van der Waals surface area contributed by atoms with Crippen LogP contribution < -0.4 is 4.74 Å². The summed E-state index contributed by atoms with van der Waals surface area (Å²) in [7, 11) is 0. The molecule has 0 saturated heterocycles. The lowest BCUT2D eigenvalue weighted by Crippen LogP contribution is -2.17. The van der Waals surface area contributed by atoms with E-state index in [4.69, 9.17) is 4.74 Å². The van der Waals surface area contributed by atoms with Gasteiger partial charge in [0.15, 0.2) is 0 Å². The number of halogens is 1. The van der Waals surface area contributed by atoms with Gasteiger partial charge >= 0.3 is 0 Å². The molecule has 0 amide bonds. The molecule has 1 aromatic carbocycles. The smallest absolute Gasteiger partial charge is 0.130 e. The third-order valence-corrected chi connectivity index (χ3v) is 2.42. The third kappa shape index (κ3) is 4.37. The van der Waals surface area contributed by atoms with Crippen LogP contribution in [0.25, 0.3) is 0 Å². The molecule has 0 radical (unpaired) electrons. The number of hydrogen-bond acceptors (Lipinski definition) is 1. The van der Waals surface area contributed by atoms with Gasteiger partial charge < -0.3 is 4.74 Å². The van der Waals surface area contributed by atoms with Crippen LogP contribution >= 0.6 is 0 Å².